The van der Waals surface area contributed by atoms with Gasteiger partial charge in [-0.15, -0.1) is 0 Å². The Hall–Kier alpha value is -1.92. The van der Waals surface area contributed by atoms with Crippen molar-refractivity contribution in [3.63, 3.8) is 0 Å². The summed E-state index contributed by atoms with van der Waals surface area (Å²) in [6, 6.07) is 9.08. The number of aldehydes is 1. The van der Waals surface area contributed by atoms with Gasteiger partial charge in [0.1, 0.15) is 0 Å². The van der Waals surface area contributed by atoms with Crippen molar-refractivity contribution < 1.29 is 13.2 Å². The van der Waals surface area contributed by atoms with Gasteiger partial charge in [0.05, 0.1) is 4.90 Å². The van der Waals surface area contributed by atoms with Gasteiger partial charge in [-0.05, 0) is 56.9 Å². The summed E-state index contributed by atoms with van der Waals surface area (Å²) in [7, 11) is -3.35. The van der Waals surface area contributed by atoms with E-state index >= 15 is 0 Å². The smallest absolute Gasteiger partial charge is 0.243 e. The van der Waals surface area contributed by atoms with E-state index in [9.17, 15) is 13.2 Å². The second-order valence-electron chi connectivity index (χ2n) is 6.60. The molecule has 0 spiro atoms. The van der Waals surface area contributed by atoms with Crippen molar-refractivity contribution in [2.24, 2.45) is 0 Å². The highest BCUT2D eigenvalue weighted by Gasteiger charge is 2.26. The van der Waals surface area contributed by atoms with Crippen LogP contribution in [0.25, 0.3) is 0 Å². The van der Waals surface area contributed by atoms with Gasteiger partial charge >= 0.3 is 0 Å². The second-order valence-corrected chi connectivity index (χ2v) is 8.54. The molecule has 0 amide bonds. The predicted molar refractivity (Wildman–Crippen MR) is 97.4 cm³/mol. The Balaban J connectivity index is 1.71. The maximum Gasteiger partial charge on any atom is 0.243 e. The minimum absolute atomic E-state index is 0.370. The summed E-state index contributed by atoms with van der Waals surface area (Å²) in [5.74, 6) is 0. The maximum absolute atomic E-state index is 12.5. The van der Waals surface area contributed by atoms with E-state index in [-0.39, 0.29) is 0 Å². The summed E-state index contributed by atoms with van der Waals surface area (Å²) < 4.78 is 28.8. The second kappa shape index (κ2) is 7.14. The fourth-order valence-corrected chi connectivity index (χ4v) is 4.95. The van der Waals surface area contributed by atoms with Crippen molar-refractivity contribution in [2.45, 2.75) is 44.6 Å². The molecule has 0 aliphatic carbocycles. The van der Waals surface area contributed by atoms with Crippen LogP contribution in [0, 0.1) is 13.8 Å². The lowest BCUT2D eigenvalue weighted by molar-refractivity contribution is 0.112. The summed E-state index contributed by atoms with van der Waals surface area (Å²) in [4.78, 5) is 11.4. The lowest BCUT2D eigenvalue weighted by Gasteiger charge is -2.16. The number of benzene rings is 1. The van der Waals surface area contributed by atoms with Gasteiger partial charge in [-0.3, -0.25) is 4.79 Å². The molecule has 0 saturated carbocycles. The van der Waals surface area contributed by atoms with E-state index in [2.05, 4.69) is 4.57 Å². The van der Waals surface area contributed by atoms with E-state index in [1.807, 2.05) is 32.0 Å². The van der Waals surface area contributed by atoms with Crippen LogP contribution in [0.3, 0.4) is 0 Å². The van der Waals surface area contributed by atoms with Crippen molar-refractivity contribution in [1.82, 2.24) is 8.87 Å². The molecule has 1 aliphatic rings. The van der Waals surface area contributed by atoms with Crippen LogP contribution in [0.1, 0.15) is 40.2 Å². The van der Waals surface area contributed by atoms with Gasteiger partial charge in [-0.2, -0.15) is 4.31 Å². The highest BCUT2D eigenvalue weighted by atomic mass is 32.2. The van der Waals surface area contributed by atoms with E-state index in [1.165, 1.54) is 0 Å². The molecule has 3 rings (SSSR count). The molecule has 1 aromatic carbocycles. The molecule has 0 atom stereocenters. The number of hydrogen-bond acceptors (Lipinski definition) is 3. The molecule has 25 heavy (non-hydrogen) atoms. The number of sulfonamides is 1. The van der Waals surface area contributed by atoms with Gasteiger partial charge in [0, 0.05) is 36.6 Å². The Morgan fingerprint density at radius 3 is 2.28 bits per heavy atom. The first-order valence-corrected chi connectivity index (χ1v) is 10.1. The monoisotopic (exact) mass is 360 g/mol. The first kappa shape index (κ1) is 17.9. The topological polar surface area (TPSA) is 59.4 Å². The molecule has 6 heteroatoms. The van der Waals surface area contributed by atoms with Crippen LogP contribution >= 0.6 is 0 Å². The van der Waals surface area contributed by atoms with Gasteiger partial charge in [0.15, 0.2) is 6.29 Å². The summed E-state index contributed by atoms with van der Waals surface area (Å²) in [6.45, 7) is 5.95. The van der Waals surface area contributed by atoms with Crippen molar-refractivity contribution in [3.8, 4) is 0 Å². The van der Waals surface area contributed by atoms with E-state index in [0.29, 0.717) is 18.0 Å². The number of rotatable bonds is 6. The molecular weight excluding hydrogens is 336 g/mol. The average molecular weight is 360 g/mol. The van der Waals surface area contributed by atoms with Crippen molar-refractivity contribution in [1.29, 1.82) is 0 Å². The van der Waals surface area contributed by atoms with Crippen molar-refractivity contribution >= 4 is 16.3 Å². The zero-order valence-electron chi connectivity index (χ0n) is 14.7. The van der Waals surface area contributed by atoms with Gasteiger partial charge in [0.2, 0.25) is 10.0 Å². The summed E-state index contributed by atoms with van der Waals surface area (Å²) >= 11 is 0. The third-order valence-corrected chi connectivity index (χ3v) is 6.90. The molecular formula is C19H24N2O3S. The molecule has 1 aromatic heterocycles. The van der Waals surface area contributed by atoms with Gasteiger partial charge < -0.3 is 4.57 Å². The van der Waals surface area contributed by atoms with Gasteiger partial charge in [-0.25, -0.2) is 8.42 Å². The van der Waals surface area contributed by atoms with Crippen LogP contribution in [0.4, 0.5) is 0 Å². The first-order chi connectivity index (χ1) is 11.9. The molecule has 0 bridgehead atoms. The number of nitrogens with zero attached hydrogens (tertiary/aromatic N) is 2. The fraction of sp³-hybridized carbons (Fsp3) is 0.421. The maximum atomic E-state index is 12.5. The number of hydrogen-bond donors (Lipinski definition) is 0. The molecule has 5 nitrogen and oxygen atoms in total. The van der Waals surface area contributed by atoms with E-state index < -0.39 is 10.0 Å². The zero-order valence-corrected chi connectivity index (χ0v) is 15.6. The van der Waals surface area contributed by atoms with Gasteiger partial charge in [0.25, 0.3) is 0 Å². The lowest BCUT2D eigenvalue weighted by Crippen LogP contribution is -2.27. The molecule has 2 heterocycles. The molecule has 1 aliphatic heterocycles. The molecule has 134 valence electrons. The van der Waals surface area contributed by atoms with Crippen molar-refractivity contribution in [2.75, 3.05) is 13.1 Å². The van der Waals surface area contributed by atoms with Crippen LogP contribution in [0.2, 0.25) is 0 Å². The lowest BCUT2D eigenvalue weighted by atomic mass is 10.1. The Morgan fingerprint density at radius 1 is 1.08 bits per heavy atom. The zero-order chi connectivity index (χ0) is 18.0. The number of carbonyl (C=O) groups excluding carboxylic acids is 1. The Bertz CT molecular complexity index is 861. The van der Waals surface area contributed by atoms with Crippen LogP contribution in [0.15, 0.2) is 35.2 Å². The Kier molecular flexibility index (Phi) is 5.11. The molecule has 1 saturated heterocycles. The number of carbonyl (C=O) groups is 1. The summed E-state index contributed by atoms with van der Waals surface area (Å²) in [6.07, 6.45) is 3.56. The number of aromatic nitrogens is 1. The number of aryl methyl sites for hydroxylation is 2. The minimum Gasteiger partial charge on any atom is -0.348 e. The van der Waals surface area contributed by atoms with Crippen molar-refractivity contribution in [3.05, 3.63) is 52.8 Å². The summed E-state index contributed by atoms with van der Waals surface area (Å²) in [5, 5.41) is 0. The third-order valence-electron chi connectivity index (χ3n) is 4.99. The molecule has 1 fully saturated rings. The quantitative estimate of drug-likeness (QED) is 0.744. The molecule has 0 unspecified atom stereocenters. The third kappa shape index (κ3) is 3.55. The standard InChI is InChI=1S/C19H24N2O3S/c1-15-13-18(14-22)16(2)21(15)12-9-17-5-7-19(8-6-17)25(23,24)20-10-3-4-11-20/h5-8,13-14H,3-4,9-12H2,1-2H3. The molecule has 0 N–H and O–H groups in total. The van der Waals surface area contributed by atoms with Crippen LogP contribution in [0.5, 0.6) is 0 Å². The Labute approximate surface area is 149 Å². The van der Waals surface area contributed by atoms with Crippen LogP contribution in [-0.2, 0) is 23.0 Å². The first-order valence-electron chi connectivity index (χ1n) is 8.64. The highest BCUT2D eigenvalue weighted by Crippen LogP contribution is 2.21. The highest BCUT2D eigenvalue weighted by molar-refractivity contribution is 7.89. The SMILES string of the molecule is Cc1cc(C=O)c(C)n1CCc1ccc(S(=O)(=O)N2CCCC2)cc1. The molecule has 0 radical (unpaired) electrons. The largest absolute Gasteiger partial charge is 0.348 e. The minimum atomic E-state index is -3.35. The predicted octanol–water partition coefficient (Wildman–Crippen LogP) is 2.94. The van der Waals surface area contributed by atoms with Crippen LogP contribution < -0.4 is 0 Å². The van der Waals surface area contributed by atoms with E-state index in [1.54, 1.807) is 16.4 Å². The summed E-state index contributed by atoms with van der Waals surface area (Å²) in [5.41, 5.74) is 3.85. The normalized spacial score (nSPS) is 15.6. The fourth-order valence-electron chi connectivity index (χ4n) is 3.44. The average Bonchev–Trinajstić information content (AvgIpc) is 3.23. The molecule has 2 aromatic rings. The Morgan fingerprint density at radius 2 is 1.72 bits per heavy atom. The van der Waals surface area contributed by atoms with E-state index in [4.69, 9.17) is 0 Å². The van der Waals surface area contributed by atoms with E-state index in [0.717, 1.165) is 54.6 Å². The van der Waals surface area contributed by atoms with Gasteiger partial charge in [-0.1, -0.05) is 12.1 Å². The van der Waals surface area contributed by atoms with Crippen LogP contribution in [-0.4, -0.2) is 36.7 Å².